The first-order valence-electron chi connectivity index (χ1n) is 14.1. The zero-order valence-electron chi connectivity index (χ0n) is 24.6. The third-order valence-electron chi connectivity index (χ3n) is 7.89. The second-order valence-corrected chi connectivity index (χ2v) is 11.3. The topological polar surface area (TPSA) is 92.7 Å². The SMILES string of the molecule is COc1ccc(C2CC(=O)C3=C(C2)N=C(C)C(C(=O)OCCOc2ccccc2)C3c2cc(Br)ccc2OC)cc1OC. The highest BCUT2D eigenvalue weighted by molar-refractivity contribution is 9.10. The van der Waals surface area contributed by atoms with Crippen LogP contribution in [0.4, 0.5) is 0 Å². The smallest absolute Gasteiger partial charge is 0.315 e. The van der Waals surface area contributed by atoms with Crippen LogP contribution in [0, 0.1) is 5.92 Å². The molecule has 0 N–H and O–H groups in total. The largest absolute Gasteiger partial charge is 0.496 e. The summed E-state index contributed by atoms with van der Waals surface area (Å²) in [4.78, 5) is 32.6. The molecule has 3 aromatic rings. The molecule has 2 aliphatic rings. The molecule has 0 aromatic heterocycles. The van der Waals surface area contributed by atoms with Crippen molar-refractivity contribution in [3.63, 3.8) is 0 Å². The van der Waals surface area contributed by atoms with E-state index < -0.39 is 17.8 Å². The fourth-order valence-electron chi connectivity index (χ4n) is 5.90. The minimum absolute atomic E-state index is 0.0566. The molecule has 3 atom stereocenters. The standard InChI is InChI=1S/C34H34BrNO7/c1-20-31(34(38)43-15-14-42-24-8-6-5-7-9-24)32(25-19-23(35)11-13-28(25)39-2)33-26(36-20)16-22(17-27(33)37)21-10-12-29(40-3)30(18-21)41-4/h5-13,18-19,22,31-32H,14-17H2,1-4H3. The van der Waals surface area contributed by atoms with E-state index in [4.69, 9.17) is 28.7 Å². The average molecular weight is 649 g/mol. The van der Waals surface area contributed by atoms with Crippen LogP contribution in [0.3, 0.4) is 0 Å². The summed E-state index contributed by atoms with van der Waals surface area (Å²) in [6.45, 7) is 2.07. The van der Waals surface area contributed by atoms with Gasteiger partial charge in [-0.1, -0.05) is 40.2 Å². The number of Topliss-reactive ketones (excluding diaryl/α,β-unsaturated/α-hetero) is 1. The van der Waals surface area contributed by atoms with Crippen LogP contribution < -0.4 is 18.9 Å². The number of halogens is 1. The quantitative estimate of drug-likeness (QED) is 0.179. The van der Waals surface area contributed by atoms with Gasteiger partial charge in [0.05, 0.1) is 21.3 Å². The normalized spacial score (nSPS) is 19.7. The summed E-state index contributed by atoms with van der Waals surface area (Å²) in [5, 5.41) is 0. The van der Waals surface area contributed by atoms with Crippen molar-refractivity contribution in [1.29, 1.82) is 0 Å². The van der Waals surface area contributed by atoms with Crippen molar-refractivity contribution in [2.75, 3.05) is 34.5 Å². The number of allylic oxidation sites excluding steroid dienone is 2. The van der Waals surface area contributed by atoms with E-state index in [2.05, 4.69) is 15.9 Å². The molecule has 1 aliphatic carbocycles. The predicted molar refractivity (Wildman–Crippen MR) is 166 cm³/mol. The van der Waals surface area contributed by atoms with Gasteiger partial charge in [0.1, 0.15) is 30.6 Å². The van der Waals surface area contributed by atoms with Crippen LogP contribution in [0.2, 0.25) is 0 Å². The zero-order chi connectivity index (χ0) is 30.5. The van der Waals surface area contributed by atoms with E-state index in [0.717, 1.165) is 15.6 Å². The molecule has 1 aliphatic heterocycles. The summed E-state index contributed by atoms with van der Waals surface area (Å²) < 4.78 is 28.9. The number of aliphatic imine (C=N–C) groups is 1. The van der Waals surface area contributed by atoms with Crippen molar-refractivity contribution in [1.82, 2.24) is 0 Å². The van der Waals surface area contributed by atoms with Crippen molar-refractivity contribution in [3.8, 4) is 23.0 Å². The molecule has 0 saturated heterocycles. The van der Waals surface area contributed by atoms with Gasteiger partial charge in [-0.15, -0.1) is 0 Å². The maximum Gasteiger partial charge on any atom is 0.315 e. The maximum absolute atomic E-state index is 14.0. The Bertz CT molecular complexity index is 1570. The highest BCUT2D eigenvalue weighted by atomic mass is 79.9. The Kier molecular flexibility index (Phi) is 9.50. The van der Waals surface area contributed by atoms with Crippen LogP contribution in [0.15, 0.2) is 87.5 Å². The Morgan fingerprint density at radius 1 is 0.884 bits per heavy atom. The molecule has 224 valence electrons. The monoisotopic (exact) mass is 647 g/mol. The molecule has 3 unspecified atom stereocenters. The fourth-order valence-corrected chi connectivity index (χ4v) is 6.28. The Labute approximate surface area is 259 Å². The Morgan fingerprint density at radius 2 is 1.60 bits per heavy atom. The van der Waals surface area contributed by atoms with Gasteiger partial charge in [-0.05, 0) is 67.3 Å². The van der Waals surface area contributed by atoms with Gasteiger partial charge >= 0.3 is 5.97 Å². The molecule has 0 saturated carbocycles. The molecule has 0 fully saturated rings. The Morgan fingerprint density at radius 3 is 2.33 bits per heavy atom. The molecule has 0 spiro atoms. The number of hydrogen-bond donors (Lipinski definition) is 0. The molecule has 3 aromatic carbocycles. The van der Waals surface area contributed by atoms with E-state index in [1.165, 1.54) is 0 Å². The summed E-state index contributed by atoms with van der Waals surface area (Å²) in [7, 11) is 4.76. The third-order valence-corrected chi connectivity index (χ3v) is 8.38. The highest BCUT2D eigenvalue weighted by Gasteiger charge is 2.46. The number of methoxy groups -OCH3 is 3. The number of ether oxygens (including phenoxy) is 5. The third kappa shape index (κ3) is 6.46. The number of ketones is 1. The van der Waals surface area contributed by atoms with Crippen molar-refractivity contribution < 1.29 is 33.3 Å². The Hall–Kier alpha value is -4.11. The van der Waals surface area contributed by atoms with Crippen LogP contribution in [0.25, 0.3) is 0 Å². The predicted octanol–water partition coefficient (Wildman–Crippen LogP) is 6.67. The number of hydrogen-bond acceptors (Lipinski definition) is 8. The molecule has 8 nitrogen and oxygen atoms in total. The lowest BCUT2D eigenvalue weighted by molar-refractivity contribution is -0.147. The van der Waals surface area contributed by atoms with Crippen molar-refractivity contribution in [2.24, 2.45) is 10.9 Å². The first-order chi connectivity index (χ1) is 20.8. The summed E-state index contributed by atoms with van der Waals surface area (Å²) in [5.74, 6) is 0.435. The van der Waals surface area contributed by atoms with E-state index in [-0.39, 0.29) is 31.3 Å². The molecule has 43 heavy (non-hydrogen) atoms. The van der Waals surface area contributed by atoms with E-state index in [0.29, 0.717) is 46.4 Å². The minimum atomic E-state index is -0.805. The van der Waals surface area contributed by atoms with Gasteiger partial charge in [0.2, 0.25) is 0 Å². The minimum Gasteiger partial charge on any atom is -0.496 e. The summed E-state index contributed by atoms with van der Waals surface area (Å²) in [6, 6.07) is 20.6. The van der Waals surface area contributed by atoms with Crippen molar-refractivity contribution in [2.45, 2.75) is 31.6 Å². The van der Waals surface area contributed by atoms with E-state index in [9.17, 15) is 9.59 Å². The molecule has 0 amide bonds. The van der Waals surface area contributed by atoms with Crippen molar-refractivity contribution >= 4 is 33.4 Å². The molecule has 0 bridgehead atoms. The zero-order valence-corrected chi connectivity index (χ0v) is 26.2. The average Bonchev–Trinajstić information content (AvgIpc) is 3.02. The Balaban J connectivity index is 1.47. The summed E-state index contributed by atoms with van der Waals surface area (Å²) >= 11 is 3.56. The molecular weight excluding hydrogens is 614 g/mol. The number of carbonyl (C=O) groups is 2. The molecule has 5 rings (SSSR count). The second-order valence-electron chi connectivity index (χ2n) is 10.4. The van der Waals surface area contributed by atoms with Gasteiger partial charge in [-0.3, -0.25) is 14.6 Å². The second kappa shape index (κ2) is 13.5. The van der Waals surface area contributed by atoms with Crippen LogP contribution >= 0.6 is 15.9 Å². The summed E-state index contributed by atoms with van der Waals surface area (Å²) in [6.07, 6.45) is 0.801. The van der Waals surface area contributed by atoms with Gasteiger partial charge in [-0.25, -0.2) is 0 Å². The van der Waals surface area contributed by atoms with Crippen LogP contribution in [0.1, 0.15) is 42.7 Å². The molecule has 1 heterocycles. The van der Waals surface area contributed by atoms with E-state index in [1.54, 1.807) is 21.3 Å². The van der Waals surface area contributed by atoms with Crippen molar-refractivity contribution in [3.05, 3.63) is 93.6 Å². The molecule has 0 radical (unpaired) electrons. The van der Waals surface area contributed by atoms with Crippen LogP contribution in [0.5, 0.6) is 23.0 Å². The summed E-state index contributed by atoms with van der Waals surface area (Å²) in [5.41, 5.74) is 3.47. The maximum atomic E-state index is 14.0. The van der Waals surface area contributed by atoms with Gasteiger partial charge in [0, 0.05) is 39.4 Å². The number of esters is 1. The van der Waals surface area contributed by atoms with E-state index in [1.807, 2.05) is 73.7 Å². The number of benzene rings is 3. The lowest BCUT2D eigenvalue weighted by atomic mass is 9.69. The van der Waals surface area contributed by atoms with Gasteiger partial charge in [0.25, 0.3) is 0 Å². The lowest BCUT2D eigenvalue weighted by Gasteiger charge is -2.37. The first-order valence-corrected chi connectivity index (χ1v) is 14.8. The van der Waals surface area contributed by atoms with Crippen LogP contribution in [-0.4, -0.2) is 52.0 Å². The number of para-hydroxylation sites is 1. The number of rotatable bonds is 10. The first kappa shape index (κ1) is 30.4. The fraction of sp³-hybridized carbons (Fsp3) is 0.324. The van der Waals surface area contributed by atoms with E-state index >= 15 is 0 Å². The molecular formula is C34H34BrNO7. The van der Waals surface area contributed by atoms with Crippen LogP contribution in [-0.2, 0) is 14.3 Å². The van der Waals surface area contributed by atoms with Gasteiger partial charge in [0.15, 0.2) is 17.3 Å². The molecule has 9 heteroatoms. The van der Waals surface area contributed by atoms with Gasteiger partial charge in [-0.2, -0.15) is 0 Å². The van der Waals surface area contributed by atoms with Gasteiger partial charge < -0.3 is 23.7 Å². The highest BCUT2D eigenvalue weighted by Crippen LogP contribution is 2.49. The number of carbonyl (C=O) groups excluding carboxylic acids is 2. The lowest BCUT2D eigenvalue weighted by Crippen LogP contribution is -2.38. The number of nitrogens with zero attached hydrogens (tertiary/aromatic N) is 1.